The van der Waals surface area contributed by atoms with Crippen LogP contribution in [-0.4, -0.2) is 181 Å². The molecule has 15 atom stereocenters. The first-order chi connectivity index (χ1) is 29.7. The van der Waals surface area contributed by atoms with Crippen LogP contribution in [0.2, 0.25) is 0 Å². The lowest BCUT2D eigenvalue weighted by atomic mass is 9.75. The number of carbonyl (C=O) groups is 3. The number of carboxylic acids is 1. The van der Waals surface area contributed by atoms with Crippen LogP contribution >= 0.6 is 0 Å². The molecule has 1 aromatic rings. The zero-order valence-electron chi connectivity index (χ0n) is 36.0. The van der Waals surface area contributed by atoms with Gasteiger partial charge in [0.25, 0.3) is 0 Å². The van der Waals surface area contributed by atoms with E-state index in [4.69, 9.17) is 33.5 Å². The van der Waals surface area contributed by atoms with Gasteiger partial charge in [-0.15, -0.1) is 5.10 Å². The van der Waals surface area contributed by atoms with Gasteiger partial charge in [0.2, 0.25) is 11.8 Å². The van der Waals surface area contributed by atoms with E-state index >= 15 is 0 Å². The molecule has 62 heavy (non-hydrogen) atoms. The number of ether oxygens (including phenoxy) is 6. The molecule has 0 spiro atoms. The lowest BCUT2D eigenvalue weighted by molar-refractivity contribution is -0.338. The van der Waals surface area contributed by atoms with Crippen molar-refractivity contribution in [3.8, 4) is 0 Å². The molecule has 4 fully saturated rings. The number of aliphatic hydroxyl groups excluding tert-OH is 6. The Morgan fingerprint density at radius 3 is 2.39 bits per heavy atom. The second-order valence-corrected chi connectivity index (χ2v) is 17.1. The average molecular weight is 888 g/mol. The Bertz CT molecular complexity index is 1540. The van der Waals surface area contributed by atoms with Crippen LogP contribution in [0.1, 0.15) is 90.7 Å². The molecule has 5 rings (SSSR count). The van der Waals surface area contributed by atoms with Gasteiger partial charge in [-0.2, -0.15) is 0 Å². The molecule has 4 aliphatic rings. The van der Waals surface area contributed by atoms with E-state index in [2.05, 4.69) is 20.9 Å². The number of aromatic nitrogens is 3. The molecule has 2 amide bonds. The number of aliphatic carboxylic acids is 1. The van der Waals surface area contributed by atoms with Crippen LogP contribution in [-0.2, 0) is 55.8 Å². The van der Waals surface area contributed by atoms with Gasteiger partial charge < -0.3 is 74.8 Å². The van der Waals surface area contributed by atoms with Gasteiger partial charge in [0.05, 0.1) is 43.8 Å². The van der Waals surface area contributed by atoms with Crippen LogP contribution in [0, 0.1) is 17.8 Å². The SMILES string of the molecule is CCC1CC(C(=O)NCCOCCc2cn(CCCO)nn2)C[C@@H](O[C@@H]2OC(CO)[C@H](O)C(O[C@@H](CC3CCCCC3)C(=O)O)C2NC(C)=O)C1O[C@@H]1OC(C)[C@@H](O)C(O)C1O. The van der Waals surface area contributed by atoms with E-state index in [9.17, 15) is 45.0 Å². The summed E-state index contributed by atoms with van der Waals surface area (Å²) in [6.45, 7) is 5.26. The van der Waals surface area contributed by atoms with Crippen LogP contribution in [0.5, 0.6) is 0 Å². The highest BCUT2D eigenvalue weighted by Gasteiger charge is 2.53. The topological polar surface area (TPSA) is 303 Å². The maximum absolute atomic E-state index is 13.8. The number of rotatable bonds is 22. The minimum Gasteiger partial charge on any atom is -0.479 e. The van der Waals surface area contributed by atoms with Gasteiger partial charge in [-0.05, 0) is 44.4 Å². The van der Waals surface area contributed by atoms with E-state index in [1.165, 1.54) is 13.8 Å². The molecule has 2 aliphatic carbocycles. The van der Waals surface area contributed by atoms with Crippen LogP contribution in [0.4, 0.5) is 0 Å². The van der Waals surface area contributed by atoms with Crippen LogP contribution in [0.3, 0.4) is 0 Å². The number of nitrogens with zero attached hydrogens (tertiary/aromatic N) is 3. The van der Waals surface area contributed by atoms with Crippen molar-refractivity contribution in [2.24, 2.45) is 17.8 Å². The predicted molar refractivity (Wildman–Crippen MR) is 215 cm³/mol. The number of amides is 2. The minimum atomic E-state index is -1.65. The molecule has 0 aromatic carbocycles. The fraction of sp³-hybridized carbons (Fsp3) is 0.878. The van der Waals surface area contributed by atoms with Crippen LogP contribution < -0.4 is 10.6 Å². The van der Waals surface area contributed by atoms with E-state index in [0.29, 0.717) is 38.8 Å². The van der Waals surface area contributed by atoms with Gasteiger partial charge in [0.1, 0.15) is 42.7 Å². The lowest BCUT2D eigenvalue weighted by Crippen LogP contribution is -2.67. The lowest BCUT2D eigenvalue weighted by Gasteiger charge is -2.49. The Morgan fingerprint density at radius 2 is 1.71 bits per heavy atom. The van der Waals surface area contributed by atoms with Crippen molar-refractivity contribution in [1.82, 2.24) is 25.6 Å². The summed E-state index contributed by atoms with van der Waals surface area (Å²) in [7, 11) is 0. The molecule has 21 nitrogen and oxygen atoms in total. The Labute approximate surface area is 361 Å². The average Bonchev–Trinajstić information content (AvgIpc) is 3.71. The van der Waals surface area contributed by atoms with Crippen molar-refractivity contribution in [2.45, 2.75) is 178 Å². The largest absolute Gasteiger partial charge is 0.479 e. The van der Waals surface area contributed by atoms with Gasteiger partial charge in [-0.25, -0.2) is 4.79 Å². The molecule has 2 aliphatic heterocycles. The molecule has 21 heteroatoms. The minimum absolute atomic E-state index is 0.0211. The number of aliphatic hydroxyl groups is 6. The van der Waals surface area contributed by atoms with Gasteiger partial charge in [-0.3, -0.25) is 14.3 Å². The zero-order chi connectivity index (χ0) is 44.9. The second-order valence-electron chi connectivity index (χ2n) is 17.1. The number of nitrogens with one attached hydrogen (secondary N) is 2. The number of hydrogen-bond donors (Lipinski definition) is 9. The Balaban J connectivity index is 1.33. The van der Waals surface area contributed by atoms with Gasteiger partial charge >= 0.3 is 5.97 Å². The highest BCUT2D eigenvalue weighted by molar-refractivity contribution is 5.78. The Kier molecular flexibility index (Phi) is 19.7. The Hall–Kier alpha value is -2.93. The standard InChI is InChI=1S/C41H69N5O16/c1-4-25-18-26(38(54)42-12-16-57-15-11-27-20-46(45-44-27)13-8-14-47)19-28(36(25)62-41-35(53)34(52)32(50)22(2)58-41)60-40-31(43-23(3)49)37(33(51)30(21-48)61-40)59-29(39(55)56)17-24-9-6-5-7-10-24/h20,22,24-26,28-37,40-41,47-48,50-53H,4-19,21H2,1-3H3,(H,42,54)(H,43,49)(H,55,56)/t22?,25?,26?,28-,29+,30?,31?,32-,33+,34?,35?,36?,37?,40-,41+/m1/s1. The Morgan fingerprint density at radius 1 is 0.952 bits per heavy atom. The molecular weight excluding hydrogens is 818 g/mol. The summed E-state index contributed by atoms with van der Waals surface area (Å²) < 4.78 is 38.5. The molecule has 3 heterocycles. The van der Waals surface area contributed by atoms with Crippen molar-refractivity contribution in [1.29, 1.82) is 0 Å². The maximum Gasteiger partial charge on any atom is 0.332 e. The normalized spacial score (nSPS) is 35.0. The summed E-state index contributed by atoms with van der Waals surface area (Å²) in [6.07, 6.45) is -7.62. The fourth-order valence-corrected chi connectivity index (χ4v) is 9.04. The molecular formula is C41H69N5O16. The monoisotopic (exact) mass is 887 g/mol. The number of aryl methyl sites for hydroxylation is 1. The maximum atomic E-state index is 13.8. The molecule has 0 radical (unpaired) electrons. The summed E-state index contributed by atoms with van der Waals surface area (Å²) in [6, 6.07) is -1.30. The summed E-state index contributed by atoms with van der Waals surface area (Å²) in [5.74, 6) is -3.09. The third-order valence-electron chi connectivity index (χ3n) is 12.5. The molecule has 354 valence electrons. The summed E-state index contributed by atoms with van der Waals surface area (Å²) >= 11 is 0. The summed E-state index contributed by atoms with van der Waals surface area (Å²) in [5, 5.41) is 86.8. The van der Waals surface area contributed by atoms with Gasteiger partial charge in [0.15, 0.2) is 18.7 Å². The quantitative estimate of drug-likeness (QED) is 0.0616. The number of hydrogen-bond acceptors (Lipinski definition) is 17. The number of carbonyl (C=O) groups excluding carboxylic acids is 2. The van der Waals surface area contributed by atoms with Crippen molar-refractivity contribution in [3.63, 3.8) is 0 Å². The molecule has 9 N–H and O–H groups in total. The highest BCUT2D eigenvalue weighted by Crippen LogP contribution is 2.40. The third-order valence-corrected chi connectivity index (χ3v) is 12.5. The molecule has 0 bridgehead atoms. The molecule has 2 saturated carbocycles. The van der Waals surface area contributed by atoms with Crippen molar-refractivity contribution in [3.05, 3.63) is 11.9 Å². The van der Waals surface area contributed by atoms with E-state index in [0.717, 1.165) is 37.8 Å². The smallest absolute Gasteiger partial charge is 0.332 e. The van der Waals surface area contributed by atoms with E-state index < -0.39 is 110 Å². The highest BCUT2D eigenvalue weighted by atomic mass is 16.7. The van der Waals surface area contributed by atoms with Crippen molar-refractivity contribution < 1.29 is 78.6 Å². The van der Waals surface area contributed by atoms with Crippen molar-refractivity contribution >= 4 is 17.8 Å². The van der Waals surface area contributed by atoms with E-state index in [-0.39, 0.29) is 44.4 Å². The fourth-order valence-electron chi connectivity index (χ4n) is 9.04. The van der Waals surface area contributed by atoms with Crippen molar-refractivity contribution in [2.75, 3.05) is 33.0 Å². The third kappa shape index (κ3) is 13.6. The second kappa shape index (κ2) is 24.4. The predicted octanol–water partition coefficient (Wildman–Crippen LogP) is -1.24. The van der Waals surface area contributed by atoms with Crippen LogP contribution in [0.25, 0.3) is 0 Å². The van der Waals surface area contributed by atoms with Gasteiger partial charge in [0, 0.05) is 45.2 Å². The zero-order valence-corrected chi connectivity index (χ0v) is 36.0. The molecule has 1 aromatic heterocycles. The van der Waals surface area contributed by atoms with Gasteiger partial charge in [-0.1, -0.05) is 50.7 Å². The first-order valence-corrected chi connectivity index (χ1v) is 22.2. The van der Waals surface area contributed by atoms with E-state index in [1.54, 1.807) is 10.9 Å². The summed E-state index contributed by atoms with van der Waals surface area (Å²) in [5.41, 5.74) is 0.732. The molecule has 2 saturated heterocycles. The summed E-state index contributed by atoms with van der Waals surface area (Å²) in [4.78, 5) is 39.1. The number of carboxylic acid groups (broad SMARTS) is 1. The molecule has 9 unspecified atom stereocenters. The first-order valence-electron chi connectivity index (χ1n) is 22.2. The van der Waals surface area contributed by atoms with Crippen LogP contribution in [0.15, 0.2) is 6.20 Å². The van der Waals surface area contributed by atoms with E-state index in [1.807, 2.05) is 6.92 Å². The first kappa shape index (κ1) is 50.1.